The Morgan fingerprint density at radius 3 is 2.37 bits per heavy atom. The van der Waals surface area contributed by atoms with Crippen molar-refractivity contribution in [3.8, 4) is 0 Å². The second kappa shape index (κ2) is 5.66. The molecule has 0 aromatic carbocycles. The minimum atomic E-state index is -3.64. The van der Waals surface area contributed by atoms with Crippen molar-refractivity contribution in [3.63, 3.8) is 0 Å². The summed E-state index contributed by atoms with van der Waals surface area (Å²) in [5.74, 6) is -2.72. The molecule has 8 nitrogen and oxygen atoms in total. The van der Waals surface area contributed by atoms with Crippen LogP contribution in [0.3, 0.4) is 0 Å². The van der Waals surface area contributed by atoms with E-state index in [4.69, 9.17) is 5.14 Å². The molecule has 1 saturated heterocycles. The van der Waals surface area contributed by atoms with Crippen LogP contribution < -0.4 is 10.5 Å². The van der Waals surface area contributed by atoms with Crippen molar-refractivity contribution in [2.24, 2.45) is 17.0 Å². The highest BCUT2D eigenvalue weighted by Crippen LogP contribution is 2.19. The van der Waals surface area contributed by atoms with E-state index in [1.54, 1.807) is 13.8 Å². The lowest BCUT2D eigenvalue weighted by Gasteiger charge is -2.31. The average Bonchev–Trinajstić information content (AvgIpc) is 2.20. The lowest BCUT2D eigenvalue weighted by Crippen LogP contribution is -2.59. The van der Waals surface area contributed by atoms with Crippen molar-refractivity contribution in [3.05, 3.63) is 0 Å². The molecule has 0 saturated carbocycles. The molecular formula is C10H17N3O5S. The molecule has 1 atom stereocenters. The van der Waals surface area contributed by atoms with Crippen LogP contribution in [0.4, 0.5) is 4.79 Å². The van der Waals surface area contributed by atoms with E-state index in [1.165, 1.54) is 0 Å². The average molecular weight is 291 g/mol. The molecule has 1 rings (SSSR count). The predicted octanol–water partition coefficient (Wildman–Crippen LogP) is -0.984. The molecule has 0 aromatic rings. The third-order valence-corrected chi connectivity index (χ3v) is 3.62. The maximum atomic E-state index is 12.0. The number of primary sulfonamides is 1. The molecule has 0 aliphatic carbocycles. The van der Waals surface area contributed by atoms with Gasteiger partial charge in [-0.05, 0) is 12.3 Å². The van der Waals surface area contributed by atoms with Gasteiger partial charge in [-0.2, -0.15) is 0 Å². The molecule has 0 radical (unpaired) electrons. The Balaban J connectivity index is 2.74. The Kier molecular flexibility index (Phi) is 4.64. The highest BCUT2D eigenvalue weighted by Gasteiger charge is 2.41. The lowest BCUT2D eigenvalue weighted by molar-refractivity contribution is -0.144. The largest absolute Gasteiger partial charge is 0.330 e. The van der Waals surface area contributed by atoms with E-state index in [9.17, 15) is 22.8 Å². The smallest absolute Gasteiger partial charge is 0.277 e. The fourth-order valence-corrected chi connectivity index (χ4v) is 2.39. The van der Waals surface area contributed by atoms with Gasteiger partial charge in [0.25, 0.3) is 0 Å². The van der Waals surface area contributed by atoms with E-state index >= 15 is 0 Å². The van der Waals surface area contributed by atoms with Crippen molar-refractivity contribution in [1.29, 1.82) is 0 Å². The third-order valence-electron chi connectivity index (χ3n) is 2.77. The van der Waals surface area contributed by atoms with Gasteiger partial charge in [0.15, 0.2) is 0 Å². The summed E-state index contributed by atoms with van der Waals surface area (Å²) in [5, 5.41) is 6.92. The summed E-state index contributed by atoms with van der Waals surface area (Å²) in [5.41, 5.74) is 0. The zero-order chi connectivity index (χ0) is 14.8. The fraction of sp³-hybridized carbons (Fsp3) is 0.700. The minimum Gasteiger partial charge on any atom is -0.277 e. The van der Waals surface area contributed by atoms with E-state index in [2.05, 4.69) is 5.32 Å². The zero-order valence-corrected chi connectivity index (χ0v) is 11.6. The number of sulfonamides is 1. The summed E-state index contributed by atoms with van der Waals surface area (Å²) in [6, 6.07) is -0.818. The van der Waals surface area contributed by atoms with Gasteiger partial charge in [0.1, 0.15) is 5.92 Å². The second-order valence-corrected chi connectivity index (χ2v) is 6.46. The first kappa shape index (κ1) is 15.6. The van der Waals surface area contributed by atoms with E-state index in [1.807, 2.05) is 0 Å². The van der Waals surface area contributed by atoms with Crippen LogP contribution in [0.25, 0.3) is 0 Å². The Morgan fingerprint density at radius 1 is 1.32 bits per heavy atom. The Hall–Kier alpha value is -1.48. The first-order valence-electron chi connectivity index (χ1n) is 5.80. The van der Waals surface area contributed by atoms with Gasteiger partial charge in [0.2, 0.25) is 21.8 Å². The number of carbonyl (C=O) groups is 3. The van der Waals surface area contributed by atoms with Gasteiger partial charge in [-0.25, -0.2) is 18.4 Å². The maximum Gasteiger partial charge on any atom is 0.330 e. The van der Waals surface area contributed by atoms with E-state index < -0.39 is 33.8 Å². The van der Waals surface area contributed by atoms with Crippen molar-refractivity contribution in [2.45, 2.75) is 20.3 Å². The molecular weight excluding hydrogens is 274 g/mol. The van der Waals surface area contributed by atoms with Gasteiger partial charge in [0.05, 0.1) is 5.75 Å². The first-order chi connectivity index (χ1) is 8.63. The molecule has 1 unspecified atom stereocenters. The number of nitrogens with two attached hydrogens (primary N) is 1. The van der Waals surface area contributed by atoms with Crippen LogP contribution in [-0.2, 0) is 19.6 Å². The standard InChI is InChI=1S/C10H17N3O5S/c1-6(2)7-8(14)12-10(16)13(9(7)15)4-3-5-19(11,17)18/h6-7H,3-5H2,1-2H3,(H2,11,17,18)(H,12,14,16). The Labute approximate surface area is 111 Å². The molecule has 1 heterocycles. The number of amides is 4. The number of hydrogen-bond donors (Lipinski definition) is 2. The summed E-state index contributed by atoms with van der Waals surface area (Å²) >= 11 is 0. The first-order valence-corrected chi connectivity index (χ1v) is 7.51. The molecule has 1 aliphatic heterocycles. The van der Waals surface area contributed by atoms with Gasteiger partial charge in [-0.3, -0.25) is 19.8 Å². The van der Waals surface area contributed by atoms with Crippen LogP contribution in [0.15, 0.2) is 0 Å². The van der Waals surface area contributed by atoms with Gasteiger partial charge in [-0.15, -0.1) is 0 Å². The maximum absolute atomic E-state index is 12.0. The van der Waals surface area contributed by atoms with Crippen molar-refractivity contribution in [1.82, 2.24) is 10.2 Å². The highest BCUT2D eigenvalue weighted by molar-refractivity contribution is 7.89. The van der Waals surface area contributed by atoms with Gasteiger partial charge < -0.3 is 0 Å². The zero-order valence-electron chi connectivity index (χ0n) is 10.8. The number of nitrogens with one attached hydrogen (secondary N) is 1. The van der Waals surface area contributed by atoms with Crippen LogP contribution >= 0.6 is 0 Å². The normalized spacial score (nSPS) is 20.9. The SMILES string of the molecule is CC(C)C1C(=O)NC(=O)N(CCCS(N)(=O)=O)C1=O. The van der Waals surface area contributed by atoms with E-state index in [0.29, 0.717) is 0 Å². The minimum absolute atomic E-state index is 0.0387. The summed E-state index contributed by atoms with van der Waals surface area (Å²) < 4.78 is 21.6. The van der Waals surface area contributed by atoms with Gasteiger partial charge in [-0.1, -0.05) is 13.8 Å². The second-order valence-electron chi connectivity index (χ2n) is 4.73. The molecule has 19 heavy (non-hydrogen) atoms. The highest BCUT2D eigenvalue weighted by atomic mass is 32.2. The summed E-state index contributed by atoms with van der Waals surface area (Å²) in [6.07, 6.45) is 0.0387. The van der Waals surface area contributed by atoms with Gasteiger partial charge in [0, 0.05) is 6.54 Å². The van der Waals surface area contributed by atoms with Crippen LogP contribution in [0.1, 0.15) is 20.3 Å². The Bertz CT molecular complexity index is 499. The van der Waals surface area contributed by atoms with E-state index in [0.717, 1.165) is 4.90 Å². The number of hydrogen-bond acceptors (Lipinski definition) is 5. The molecule has 1 aliphatic rings. The third kappa shape index (κ3) is 4.00. The molecule has 1 fully saturated rings. The number of barbiturate groups is 1. The van der Waals surface area contributed by atoms with Gasteiger partial charge >= 0.3 is 6.03 Å². The van der Waals surface area contributed by atoms with Crippen LogP contribution in [0, 0.1) is 11.8 Å². The topological polar surface area (TPSA) is 127 Å². The predicted molar refractivity (Wildman–Crippen MR) is 66.2 cm³/mol. The molecule has 0 spiro atoms. The fourth-order valence-electron chi connectivity index (χ4n) is 1.85. The number of carbonyl (C=O) groups excluding carboxylic acids is 3. The number of nitrogens with zero attached hydrogens (tertiary/aromatic N) is 1. The van der Waals surface area contributed by atoms with Crippen molar-refractivity contribution >= 4 is 27.9 Å². The molecule has 0 bridgehead atoms. The molecule has 4 amide bonds. The molecule has 9 heteroatoms. The van der Waals surface area contributed by atoms with E-state index in [-0.39, 0.29) is 24.6 Å². The summed E-state index contributed by atoms with van der Waals surface area (Å²) in [6.45, 7) is 3.30. The quantitative estimate of drug-likeness (QED) is 0.629. The summed E-state index contributed by atoms with van der Waals surface area (Å²) in [7, 11) is -3.64. The lowest BCUT2D eigenvalue weighted by atomic mass is 9.92. The molecule has 0 aromatic heterocycles. The number of urea groups is 1. The monoisotopic (exact) mass is 291 g/mol. The van der Waals surface area contributed by atoms with Crippen molar-refractivity contribution in [2.75, 3.05) is 12.3 Å². The van der Waals surface area contributed by atoms with Crippen LogP contribution in [-0.4, -0.2) is 43.5 Å². The van der Waals surface area contributed by atoms with Crippen LogP contribution in [0.2, 0.25) is 0 Å². The van der Waals surface area contributed by atoms with Crippen molar-refractivity contribution < 1.29 is 22.8 Å². The number of imide groups is 2. The number of rotatable bonds is 5. The van der Waals surface area contributed by atoms with Crippen LogP contribution in [0.5, 0.6) is 0 Å². The Morgan fingerprint density at radius 2 is 1.89 bits per heavy atom. The summed E-state index contributed by atoms with van der Waals surface area (Å²) in [4.78, 5) is 35.9. The molecule has 3 N–H and O–H groups in total. The molecule has 108 valence electrons.